The Hall–Kier alpha value is -0.0500. The molecular formula is C10H20N2O3S3. The molecule has 2 unspecified atom stereocenters. The largest absolute Gasteiger partial charge is 0.387 e. The minimum Gasteiger partial charge on any atom is -0.387 e. The highest BCUT2D eigenvalue weighted by Crippen LogP contribution is 2.13. The number of thiol groups is 3. The Balaban J connectivity index is 3.67. The molecule has 0 aromatic heterocycles. The average molecular weight is 312 g/mol. The van der Waals surface area contributed by atoms with Crippen LogP contribution in [0.1, 0.15) is 12.8 Å². The number of nitrogens with one attached hydrogen (secondary N) is 2. The zero-order chi connectivity index (χ0) is 14.0. The first-order chi connectivity index (χ1) is 8.49. The first-order valence-electron chi connectivity index (χ1n) is 5.60. The maximum atomic E-state index is 11.3. The van der Waals surface area contributed by atoms with E-state index in [2.05, 4.69) is 48.5 Å². The first-order valence-corrected chi connectivity index (χ1v) is 7.27. The van der Waals surface area contributed by atoms with E-state index in [0.717, 1.165) is 18.6 Å². The van der Waals surface area contributed by atoms with Crippen LogP contribution >= 0.6 is 37.9 Å². The Labute approximate surface area is 124 Å². The lowest BCUT2D eigenvalue weighted by Gasteiger charge is -2.16. The molecule has 0 heterocycles. The topological polar surface area (TPSA) is 78.4 Å². The molecule has 0 aliphatic heterocycles. The molecule has 0 spiro atoms. The summed E-state index contributed by atoms with van der Waals surface area (Å²) in [5.74, 6) is -0.105. The number of carbonyl (C=O) groups is 2. The Morgan fingerprint density at radius 2 is 1.78 bits per heavy atom. The van der Waals surface area contributed by atoms with Crippen LogP contribution in [0, 0.1) is 0 Å². The van der Waals surface area contributed by atoms with E-state index < -0.39 is 12.5 Å². The van der Waals surface area contributed by atoms with Crippen molar-refractivity contribution < 1.29 is 14.7 Å². The van der Waals surface area contributed by atoms with Crippen molar-refractivity contribution in [3.8, 4) is 0 Å². The van der Waals surface area contributed by atoms with Crippen LogP contribution in [-0.4, -0.2) is 52.9 Å². The van der Waals surface area contributed by atoms with E-state index in [1.54, 1.807) is 0 Å². The van der Waals surface area contributed by atoms with Crippen molar-refractivity contribution in [3.63, 3.8) is 0 Å². The molecule has 3 N–H and O–H groups in total. The van der Waals surface area contributed by atoms with E-state index in [1.165, 1.54) is 0 Å². The van der Waals surface area contributed by atoms with Crippen LogP contribution in [0.15, 0.2) is 0 Å². The van der Waals surface area contributed by atoms with Crippen molar-refractivity contribution in [1.82, 2.24) is 10.6 Å². The lowest BCUT2D eigenvalue weighted by molar-refractivity contribution is -0.127. The number of carbonyl (C=O) groups excluding carboxylic acids is 2. The molecule has 8 heteroatoms. The molecule has 0 aromatic carbocycles. The molecule has 106 valence electrons. The van der Waals surface area contributed by atoms with Crippen LogP contribution in [-0.2, 0) is 9.59 Å². The van der Waals surface area contributed by atoms with Crippen molar-refractivity contribution in [3.05, 3.63) is 0 Å². The molecule has 5 nitrogen and oxygen atoms in total. The van der Waals surface area contributed by atoms with Gasteiger partial charge in [0.2, 0.25) is 11.8 Å². The van der Waals surface area contributed by atoms with Gasteiger partial charge in [-0.05, 0) is 18.6 Å². The fourth-order valence-corrected chi connectivity index (χ4v) is 2.60. The molecule has 0 aromatic rings. The maximum Gasteiger partial charge on any atom is 0.246 e. The smallest absolute Gasteiger partial charge is 0.246 e. The van der Waals surface area contributed by atoms with Gasteiger partial charge in [-0.1, -0.05) is 0 Å². The van der Waals surface area contributed by atoms with Gasteiger partial charge in [0.15, 0.2) is 0 Å². The van der Waals surface area contributed by atoms with E-state index in [1.807, 2.05) is 0 Å². The van der Waals surface area contributed by atoms with Crippen molar-refractivity contribution in [2.45, 2.75) is 23.3 Å². The standard InChI is InChI=1S/C10H20N2O3S3/c13-6-10(15)12-5-9(14)11-4-8(18)3-7(17)1-2-16/h7-8,13,16-18H,1-6H2,(H,11,14)(H,12,15). The van der Waals surface area contributed by atoms with Gasteiger partial charge in [0.25, 0.3) is 0 Å². The number of rotatable bonds is 9. The number of aliphatic hydroxyl groups excluding tert-OH is 1. The number of aliphatic hydroxyl groups is 1. The lowest BCUT2D eigenvalue weighted by atomic mass is 10.2. The first kappa shape index (κ1) is 17.9. The molecule has 0 bridgehead atoms. The van der Waals surface area contributed by atoms with E-state index in [4.69, 9.17) is 5.11 Å². The van der Waals surface area contributed by atoms with Gasteiger partial charge >= 0.3 is 0 Å². The molecular weight excluding hydrogens is 292 g/mol. The molecule has 0 rings (SSSR count). The highest BCUT2D eigenvalue weighted by atomic mass is 32.1. The number of amides is 2. The third kappa shape index (κ3) is 9.93. The molecule has 0 saturated heterocycles. The second-order valence-electron chi connectivity index (χ2n) is 3.79. The molecule has 2 amide bonds. The predicted molar refractivity (Wildman–Crippen MR) is 81.7 cm³/mol. The third-order valence-electron chi connectivity index (χ3n) is 2.13. The van der Waals surface area contributed by atoms with Crippen LogP contribution in [0.2, 0.25) is 0 Å². The molecule has 2 atom stereocenters. The zero-order valence-corrected chi connectivity index (χ0v) is 12.7. The summed E-state index contributed by atoms with van der Waals surface area (Å²) in [7, 11) is 0. The predicted octanol–water partition coefficient (Wildman–Crippen LogP) is -0.482. The quantitative estimate of drug-likeness (QED) is 0.326. The van der Waals surface area contributed by atoms with Gasteiger partial charge in [0.1, 0.15) is 6.61 Å². The summed E-state index contributed by atoms with van der Waals surface area (Å²) in [6.07, 6.45) is 1.67. The summed E-state index contributed by atoms with van der Waals surface area (Å²) in [4.78, 5) is 22.0. The summed E-state index contributed by atoms with van der Waals surface area (Å²) in [6, 6.07) is 0. The van der Waals surface area contributed by atoms with Gasteiger partial charge in [0.05, 0.1) is 6.54 Å². The van der Waals surface area contributed by atoms with Crippen molar-refractivity contribution in [2.75, 3.05) is 25.4 Å². The minimum atomic E-state index is -0.618. The second-order valence-corrected chi connectivity index (χ2v) is 5.70. The molecule has 0 fully saturated rings. The third-order valence-corrected chi connectivity index (χ3v) is 3.25. The van der Waals surface area contributed by atoms with Gasteiger partial charge < -0.3 is 15.7 Å². The van der Waals surface area contributed by atoms with Gasteiger partial charge in [-0.15, -0.1) is 0 Å². The minimum absolute atomic E-state index is 0.0184. The molecule has 18 heavy (non-hydrogen) atoms. The highest BCUT2D eigenvalue weighted by Gasteiger charge is 2.11. The summed E-state index contributed by atoms with van der Waals surface area (Å²) < 4.78 is 0. The normalized spacial score (nSPS) is 13.8. The van der Waals surface area contributed by atoms with Crippen molar-refractivity contribution in [2.24, 2.45) is 0 Å². The number of hydrogen-bond acceptors (Lipinski definition) is 6. The zero-order valence-electron chi connectivity index (χ0n) is 10.0. The van der Waals surface area contributed by atoms with E-state index in [0.29, 0.717) is 6.54 Å². The van der Waals surface area contributed by atoms with Crippen LogP contribution in [0.3, 0.4) is 0 Å². The van der Waals surface area contributed by atoms with Crippen LogP contribution < -0.4 is 10.6 Å². The van der Waals surface area contributed by atoms with Crippen molar-refractivity contribution >= 4 is 49.7 Å². The van der Waals surface area contributed by atoms with Gasteiger partial charge in [-0.25, -0.2) is 0 Å². The highest BCUT2D eigenvalue weighted by molar-refractivity contribution is 7.82. The van der Waals surface area contributed by atoms with Gasteiger partial charge in [0, 0.05) is 17.0 Å². The summed E-state index contributed by atoms with van der Waals surface area (Å²) in [5, 5.41) is 13.6. The van der Waals surface area contributed by atoms with Gasteiger partial charge in [-0.3, -0.25) is 9.59 Å². The van der Waals surface area contributed by atoms with E-state index >= 15 is 0 Å². The second kappa shape index (κ2) is 10.8. The fourth-order valence-electron chi connectivity index (χ4n) is 1.19. The van der Waals surface area contributed by atoms with Crippen LogP contribution in [0.5, 0.6) is 0 Å². The SMILES string of the molecule is O=C(CO)NCC(=O)NCC(S)CC(S)CCS. The van der Waals surface area contributed by atoms with Crippen LogP contribution in [0.4, 0.5) is 0 Å². The fraction of sp³-hybridized carbons (Fsp3) is 0.800. The summed E-state index contributed by atoms with van der Waals surface area (Å²) in [6.45, 7) is -0.338. The summed E-state index contributed by atoms with van der Waals surface area (Å²) in [5.41, 5.74) is 0. The number of hydrogen-bond donors (Lipinski definition) is 6. The average Bonchev–Trinajstić information content (AvgIpc) is 2.33. The monoisotopic (exact) mass is 312 g/mol. The Kier molecular flexibility index (Phi) is 10.8. The van der Waals surface area contributed by atoms with E-state index in [-0.39, 0.29) is 23.0 Å². The Morgan fingerprint density at radius 1 is 1.11 bits per heavy atom. The van der Waals surface area contributed by atoms with E-state index in [9.17, 15) is 9.59 Å². The Morgan fingerprint density at radius 3 is 2.33 bits per heavy atom. The van der Waals surface area contributed by atoms with Crippen LogP contribution in [0.25, 0.3) is 0 Å². The molecule has 0 saturated carbocycles. The Bertz CT molecular complexity index is 267. The van der Waals surface area contributed by atoms with Gasteiger partial charge in [-0.2, -0.15) is 37.9 Å². The molecule has 0 aliphatic rings. The molecule has 0 radical (unpaired) electrons. The lowest BCUT2D eigenvalue weighted by Crippen LogP contribution is -2.40. The van der Waals surface area contributed by atoms with Crippen molar-refractivity contribution in [1.29, 1.82) is 0 Å². The molecule has 0 aliphatic carbocycles. The summed E-state index contributed by atoms with van der Waals surface area (Å²) >= 11 is 12.8. The maximum absolute atomic E-state index is 11.3.